The van der Waals surface area contributed by atoms with Crippen LogP contribution in [0.3, 0.4) is 0 Å². The van der Waals surface area contributed by atoms with E-state index in [1.165, 1.54) is 11.1 Å². The van der Waals surface area contributed by atoms with Crippen molar-refractivity contribution in [2.75, 3.05) is 32.9 Å². The van der Waals surface area contributed by atoms with E-state index in [0.29, 0.717) is 13.1 Å². The van der Waals surface area contributed by atoms with E-state index in [1.807, 2.05) is 13.0 Å². The first kappa shape index (κ1) is 16.6. The number of rotatable bonds is 9. The maximum atomic E-state index is 11.6. The lowest BCUT2D eigenvalue weighted by Gasteiger charge is -2.08. The second-order valence-corrected chi connectivity index (χ2v) is 5.38. The standard InChI is InChI=1S/C17H26N2O3/c1-2-21-11-4-3-9-18-17(20)19-10-7-14-5-6-16-15(13-14)8-12-22-16/h5-6,13H,2-4,7-12H2,1H3,(H2,18,19,20). The molecule has 0 saturated heterocycles. The fourth-order valence-corrected chi connectivity index (χ4v) is 2.45. The number of benzene rings is 1. The average molecular weight is 306 g/mol. The molecule has 0 atom stereocenters. The third kappa shape index (κ3) is 5.56. The van der Waals surface area contributed by atoms with Crippen molar-refractivity contribution in [3.05, 3.63) is 29.3 Å². The molecule has 5 nitrogen and oxygen atoms in total. The van der Waals surface area contributed by atoms with Gasteiger partial charge in [0.1, 0.15) is 5.75 Å². The Morgan fingerprint density at radius 1 is 1.27 bits per heavy atom. The Morgan fingerprint density at radius 3 is 3.00 bits per heavy atom. The van der Waals surface area contributed by atoms with Gasteiger partial charge in [0.25, 0.3) is 0 Å². The molecule has 2 N–H and O–H groups in total. The molecule has 0 fully saturated rings. The Kier molecular flexibility index (Phi) is 7.03. The van der Waals surface area contributed by atoms with Gasteiger partial charge < -0.3 is 20.1 Å². The van der Waals surface area contributed by atoms with E-state index in [2.05, 4.69) is 22.8 Å². The predicted molar refractivity (Wildman–Crippen MR) is 86.5 cm³/mol. The number of amides is 2. The SMILES string of the molecule is CCOCCCCNC(=O)NCCc1ccc2c(c1)CCO2. The number of carbonyl (C=O) groups is 1. The number of carbonyl (C=O) groups excluding carboxylic acids is 1. The molecular weight excluding hydrogens is 280 g/mol. The summed E-state index contributed by atoms with van der Waals surface area (Å²) in [4.78, 5) is 11.6. The number of ether oxygens (including phenoxy) is 2. The lowest BCUT2D eigenvalue weighted by molar-refractivity contribution is 0.143. The summed E-state index contributed by atoms with van der Waals surface area (Å²) in [6.45, 7) is 5.62. The van der Waals surface area contributed by atoms with Gasteiger partial charge in [-0.1, -0.05) is 12.1 Å². The van der Waals surface area contributed by atoms with Crippen LogP contribution in [0.5, 0.6) is 5.75 Å². The summed E-state index contributed by atoms with van der Waals surface area (Å²) in [7, 11) is 0. The van der Waals surface area contributed by atoms with Crippen LogP contribution in [-0.2, 0) is 17.6 Å². The summed E-state index contributed by atoms with van der Waals surface area (Å²) in [5.74, 6) is 1.00. The van der Waals surface area contributed by atoms with Crippen molar-refractivity contribution in [1.82, 2.24) is 10.6 Å². The van der Waals surface area contributed by atoms with E-state index in [-0.39, 0.29) is 6.03 Å². The summed E-state index contributed by atoms with van der Waals surface area (Å²) in [6, 6.07) is 6.17. The van der Waals surface area contributed by atoms with Crippen molar-refractivity contribution in [2.45, 2.75) is 32.6 Å². The molecule has 0 aliphatic carbocycles. The first-order chi connectivity index (χ1) is 10.8. The highest BCUT2D eigenvalue weighted by molar-refractivity contribution is 5.73. The van der Waals surface area contributed by atoms with Gasteiger partial charge in [-0.05, 0) is 43.4 Å². The molecule has 0 aromatic heterocycles. The minimum absolute atomic E-state index is 0.0964. The number of hydrogen-bond donors (Lipinski definition) is 2. The molecular formula is C17H26N2O3. The van der Waals surface area contributed by atoms with Gasteiger partial charge in [-0.25, -0.2) is 4.79 Å². The van der Waals surface area contributed by atoms with E-state index in [4.69, 9.17) is 9.47 Å². The molecule has 0 bridgehead atoms. The van der Waals surface area contributed by atoms with E-state index in [9.17, 15) is 4.79 Å². The van der Waals surface area contributed by atoms with Gasteiger partial charge in [0, 0.05) is 32.7 Å². The third-order valence-electron chi connectivity index (χ3n) is 3.66. The zero-order chi connectivity index (χ0) is 15.6. The van der Waals surface area contributed by atoms with E-state index in [1.54, 1.807) is 0 Å². The zero-order valence-corrected chi connectivity index (χ0v) is 13.3. The second-order valence-electron chi connectivity index (χ2n) is 5.38. The third-order valence-corrected chi connectivity index (χ3v) is 3.66. The van der Waals surface area contributed by atoms with E-state index in [0.717, 1.165) is 51.3 Å². The largest absolute Gasteiger partial charge is 0.493 e. The fourth-order valence-electron chi connectivity index (χ4n) is 2.45. The summed E-state index contributed by atoms with van der Waals surface area (Å²) in [5.41, 5.74) is 2.51. The number of hydrogen-bond acceptors (Lipinski definition) is 3. The minimum Gasteiger partial charge on any atom is -0.493 e. The lowest BCUT2D eigenvalue weighted by atomic mass is 10.1. The number of urea groups is 1. The topological polar surface area (TPSA) is 59.6 Å². The summed E-state index contributed by atoms with van der Waals surface area (Å²) in [5, 5.41) is 5.75. The van der Waals surface area contributed by atoms with E-state index >= 15 is 0 Å². The summed E-state index contributed by atoms with van der Waals surface area (Å²) in [6.07, 6.45) is 3.74. The molecule has 2 rings (SSSR count). The number of fused-ring (bicyclic) bond motifs is 1. The Morgan fingerprint density at radius 2 is 2.14 bits per heavy atom. The highest BCUT2D eigenvalue weighted by atomic mass is 16.5. The van der Waals surface area contributed by atoms with Crippen LogP contribution in [0, 0.1) is 0 Å². The van der Waals surface area contributed by atoms with Crippen molar-refractivity contribution < 1.29 is 14.3 Å². The van der Waals surface area contributed by atoms with Crippen molar-refractivity contribution in [3.8, 4) is 5.75 Å². The highest BCUT2D eigenvalue weighted by Crippen LogP contribution is 2.25. The van der Waals surface area contributed by atoms with Crippen molar-refractivity contribution in [3.63, 3.8) is 0 Å². The van der Waals surface area contributed by atoms with Gasteiger partial charge in [0.2, 0.25) is 0 Å². The van der Waals surface area contributed by atoms with Crippen LogP contribution in [0.1, 0.15) is 30.9 Å². The second kappa shape index (κ2) is 9.30. The van der Waals surface area contributed by atoms with Crippen LogP contribution < -0.4 is 15.4 Å². The summed E-state index contributed by atoms with van der Waals surface area (Å²) >= 11 is 0. The monoisotopic (exact) mass is 306 g/mol. The normalized spacial score (nSPS) is 12.6. The number of unbranched alkanes of at least 4 members (excludes halogenated alkanes) is 1. The molecule has 5 heteroatoms. The fraction of sp³-hybridized carbons (Fsp3) is 0.588. The maximum Gasteiger partial charge on any atom is 0.314 e. The first-order valence-electron chi connectivity index (χ1n) is 8.13. The van der Waals surface area contributed by atoms with Crippen LogP contribution in [0.15, 0.2) is 18.2 Å². The Bertz CT molecular complexity index is 477. The van der Waals surface area contributed by atoms with Gasteiger partial charge in [-0.2, -0.15) is 0 Å². The number of nitrogens with one attached hydrogen (secondary N) is 2. The summed E-state index contributed by atoms with van der Waals surface area (Å²) < 4.78 is 10.7. The quantitative estimate of drug-likeness (QED) is 0.688. The maximum absolute atomic E-state index is 11.6. The Labute approximate surface area is 132 Å². The molecule has 1 aliphatic heterocycles. The molecule has 0 unspecified atom stereocenters. The lowest BCUT2D eigenvalue weighted by Crippen LogP contribution is -2.37. The van der Waals surface area contributed by atoms with Crippen LogP contribution in [0.25, 0.3) is 0 Å². The van der Waals surface area contributed by atoms with Crippen molar-refractivity contribution >= 4 is 6.03 Å². The van der Waals surface area contributed by atoms with Crippen LogP contribution in [0.2, 0.25) is 0 Å². The molecule has 122 valence electrons. The molecule has 0 radical (unpaired) electrons. The highest BCUT2D eigenvalue weighted by Gasteiger charge is 2.11. The molecule has 22 heavy (non-hydrogen) atoms. The molecule has 1 heterocycles. The van der Waals surface area contributed by atoms with Crippen molar-refractivity contribution in [2.24, 2.45) is 0 Å². The molecule has 2 amide bonds. The van der Waals surface area contributed by atoms with Gasteiger partial charge in [-0.15, -0.1) is 0 Å². The molecule has 1 aromatic rings. The Balaban J connectivity index is 1.55. The van der Waals surface area contributed by atoms with Crippen molar-refractivity contribution in [1.29, 1.82) is 0 Å². The van der Waals surface area contributed by atoms with Crippen LogP contribution in [0.4, 0.5) is 4.79 Å². The average Bonchev–Trinajstić information content (AvgIpc) is 2.98. The van der Waals surface area contributed by atoms with E-state index < -0.39 is 0 Å². The van der Waals surface area contributed by atoms with Gasteiger partial charge in [0.05, 0.1) is 6.61 Å². The van der Waals surface area contributed by atoms with Crippen LogP contribution >= 0.6 is 0 Å². The van der Waals surface area contributed by atoms with Gasteiger partial charge >= 0.3 is 6.03 Å². The molecule has 0 spiro atoms. The zero-order valence-electron chi connectivity index (χ0n) is 13.3. The first-order valence-corrected chi connectivity index (χ1v) is 8.13. The van der Waals surface area contributed by atoms with Gasteiger partial charge in [0.15, 0.2) is 0 Å². The van der Waals surface area contributed by atoms with Crippen LogP contribution in [-0.4, -0.2) is 38.9 Å². The minimum atomic E-state index is -0.0964. The molecule has 1 aromatic carbocycles. The molecule has 0 saturated carbocycles. The molecule has 1 aliphatic rings. The predicted octanol–water partition coefficient (Wildman–Crippen LogP) is 2.28. The smallest absolute Gasteiger partial charge is 0.314 e. The van der Waals surface area contributed by atoms with Gasteiger partial charge in [-0.3, -0.25) is 0 Å². The Hall–Kier alpha value is -1.75.